The maximum atomic E-state index is 9.35. The number of halogens is 1. The van der Waals surface area contributed by atoms with E-state index in [4.69, 9.17) is 11.6 Å². The summed E-state index contributed by atoms with van der Waals surface area (Å²) in [5.41, 5.74) is 1.62. The third-order valence-electron chi connectivity index (χ3n) is 7.08. The SMILES string of the molecule is CC(C)[C@H](CN1CCC(C2=CC=C(Cl)CC2)CC1)NC[C@@H]1CC[C@H](CO)C1.O.O.O. The molecule has 1 aliphatic heterocycles. The molecule has 1 saturated heterocycles. The molecule has 3 aliphatic rings. The van der Waals surface area contributed by atoms with Crippen LogP contribution in [-0.2, 0) is 0 Å². The summed E-state index contributed by atoms with van der Waals surface area (Å²) >= 11 is 6.11. The zero-order chi connectivity index (χ0) is 19.2. The second kappa shape index (κ2) is 14.6. The maximum absolute atomic E-state index is 9.35. The molecule has 0 spiro atoms. The van der Waals surface area contributed by atoms with Crippen LogP contribution in [0.1, 0.15) is 58.8 Å². The monoisotopic (exact) mass is 448 g/mol. The molecule has 8 N–H and O–H groups in total. The van der Waals surface area contributed by atoms with Gasteiger partial charge in [-0.15, -0.1) is 0 Å². The number of allylic oxidation sites excluding steroid dienone is 4. The Morgan fingerprint density at radius 2 is 1.70 bits per heavy atom. The molecule has 1 heterocycles. The first-order valence-corrected chi connectivity index (χ1v) is 11.5. The van der Waals surface area contributed by atoms with E-state index in [2.05, 4.69) is 36.2 Å². The van der Waals surface area contributed by atoms with Crippen LogP contribution in [0.2, 0.25) is 0 Å². The van der Waals surface area contributed by atoms with E-state index in [1.807, 2.05) is 0 Å². The van der Waals surface area contributed by atoms with Crippen molar-refractivity contribution in [2.75, 3.05) is 32.8 Å². The van der Waals surface area contributed by atoms with E-state index in [9.17, 15) is 5.11 Å². The van der Waals surface area contributed by atoms with Gasteiger partial charge in [-0.25, -0.2) is 0 Å². The summed E-state index contributed by atoms with van der Waals surface area (Å²) in [5, 5.41) is 14.2. The van der Waals surface area contributed by atoms with Gasteiger partial charge in [-0.1, -0.05) is 37.1 Å². The van der Waals surface area contributed by atoms with Gasteiger partial charge in [0.15, 0.2) is 0 Å². The van der Waals surface area contributed by atoms with E-state index in [0.29, 0.717) is 24.5 Å². The van der Waals surface area contributed by atoms with Gasteiger partial charge in [0, 0.05) is 24.2 Å². The highest BCUT2D eigenvalue weighted by molar-refractivity contribution is 6.29. The Bertz CT molecular complexity index is 533. The lowest BCUT2D eigenvalue weighted by atomic mass is 9.84. The fourth-order valence-electron chi connectivity index (χ4n) is 5.09. The number of piperidine rings is 1. The molecule has 0 aromatic carbocycles. The van der Waals surface area contributed by atoms with Gasteiger partial charge in [-0.05, 0) is 94.3 Å². The Hall–Kier alpha value is -0.470. The highest BCUT2D eigenvalue weighted by Gasteiger charge is 2.27. The standard InChI is InChI=1S/C23H39ClN2O.3H2O/c1-17(2)23(25-14-18-3-4-19(13-18)16-27)15-26-11-9-21(10-12-26)20-5-7-22(24)8-6-20;;;/h5,7,17-19,21,23,25,27H,3-4,6,8-16H2,1-2H3;3*1H2/t18-,19+,23+;;;/m1.../s1. The summed E-state index contributed by atoms with van der Waals surface area (Å²) in [6, 6.07) is 0.574. The van der Waals surface area contributed by atoms with Crippen LogP contribution in [0.4, 0.5) is 0 Å². The van der Waals surface area contributed by atoms with Crippen molar-refractivity contribution in [3.05, 3.63) is 22.8 Å². The first kappa shape index (κ1) is 29.5. The number of nitrogens with zero attached hydrogens (tertiary/aromatic N) is 1. The fraction of sp³-hybridized carbons (Fsp3) is 0.826. The van der Waals surface area contributed by atoms with Crippen LogP contribution in [0.25, 0.3) is 0 Å². The topological polar surface area (TPSA) is 130 Å². The van der Waals surface area contributed by atoms with E-state index in [-0.39, 0.29) is 16.4 Å². The Kier molecular flexibility index (Phi) is 14.3. The molecule has 30 heavy (non-hydrogen) atoms. The summed E-state index contributed by atoms with van der Waals surface area (Å²) in [6.07, 6.45) is 12.9. The molecule has 7 heteroatoms. The lowest BCUT2D eigenvalue weighted by Crippen LogP contribution is -2.47. The van der Waals surface area contributed by atoms with Crippen molar-refractivity contribution in [1.82, 2.24) is 10.2 Å². The number of hydrogen-bond acceptors (Lipinski definition) is 3. The van der Waals surface area contributed by atoms with E-state index in [0.717, 1.165) is 36.3 Å². The minimum absolute atomic E-state index is 0. The molecule has 3 rings (SSSR count). The highest BCUT2D eigenvalue weighted by atomic mass is 35.5. The molecule has 0 amide bonds. The molecule has 6 nitrogen and oxygen atoms in total. The molecule has 1 saturated carbocycles. The van der Waals surface area contributed by atoms with Gasteiger partial charge in [-0.2, -0.15) is 0 Å². The Balaban J connectivity index is 0.00000280. The summed E-state index contributed by atoms with van der Waals surface area (Å²) < 4.78 is 0. The molecule has 2 fully saturated rings. The Morgan fingerprint density at radius 1 is 1.03 bits per heavy atom. The quantitative estimate of drug-likeness (QED) is 0.589. The van der Waals surface area contributed by atoms with E-state index in [1.165, 1.54) is 51.7 Å². The Labute approximate surface area is 187 Å². The zero-order valence-electron chi connectivity index (χ0n) is 18.8. The third kappa shape index (κ3) is 8.58. The summed E-state index contributed by atoms with van der Waals surface area (Å²) in [7, 11) is 0. The molecule has 0 unspecified atom stereocenters. The lowest BCUT2D eigenvalue weighted by molar-refractivity contribution is 0.162. The van der Waals surface area contributed by atoms with E-state index in [1.54, 1.807) is 5.57 Å². The number of aliphatic hydroxyl groups excluding tert-OH is 1. The minimum atomic E-state index is 0. The number of likely N-dealkylation sites (tertiary alicyclic amines) is 1. The molecule has 0 aromatic heterocycles. The number of rotatable bonds is 8. The first-order chi connectivity index (χ1) is 13.0. The van der Waals surface area contributed by atoms with Crippen molar-refractivity contribution in [1.29, 1.82) is 0 Å². The van der Waals surface area contributed by atoms with Crippen molar-refractivity contribution in [2.45, 2.75) is 64.8 Å². The number of hydrogen-bond donors (Lipinski definition) is 2. The van der Waals surface area contributed by atoms with Crippen LogP contribution in [0.15, 0.2) is 22.8 Å². The van der Waals surface area contributed by atoms with Crippen LogP contribution >= 0.6 is 11.6 Å². The summed E-state index contributed by atoms with van der Waals surface area (Å²) in [4.78, 5) is 2.67. The average Bonchev–Trinajstić information content (AvgIpc) is 3.14. The minimum Gasteiger partial charge on any atom is -0.412 e. The molecule has 0 aromatic rings. The smallest absolute Gasteiger partial charge is 0.0459 e. The van der Waals surface area contributed by atoms with Crippen LogP contribution in [0.3, 0.4) is 0 Å². The van der Waals surface area contributed by atoms with Gasteiger partial charge in [0.2, 0.25) is 0 Å². The zero-order valence-corrected chi connectivity index (χ0v) is 19.6. The average molecular weight is 449 g/mol. The fourth-order valence-corrected chi connectivity index (χ4v) is 5.25. The van der Waals surface area contributed by atoms with Gasteiger partial charge in [-0.3, -0.25) is 0 Å². The van der Waals surface area contributed by atoms with Gasteiger partial charge in [0.05, 0.1) is 0 Å². The largest absolute Gasteiger partial charge is 0.412 e. The predicted octanol–water partition coefficient (Wildman–Crippen LogP) is 2.09. The lowest BCUT2D eigenvalue weighted by Gasteiger charge is -2.37. The molecule has 2 aliphatic carbocycles. The number of aliphatic hydroxyl groups is 1. The van der Waals surface area contributed by atoms with Gasteiger partial charge >= 0.3 is 0 Å². The van der Waals surface area contributed by atoms with Crippen molar-refractivity contribution >= 4 is 11.6 Å². The molecular formula is C23H45ClN2O4. The highest BCUT2D eigenvalue weighted by Crippen LogP contribution is 2.33. The van der Waals surface area contributed by atoms with Crippen molar-refractivity contribution in [2.24, 2.45) is 23.7 Å². The normalized spacial score (nSPS) is 26.2. The van der Waals surface area contributed by atoms with Crippen LogP contribution in [0, 0.1) is 23.7 Å². The first-order valence-electron chi connectivity index (χ1n) is 11.2. The van der Waals surface area contributed by atoms with Crippen molar-refractivity contribution in [3.8, 4) is 0 Å². The van der Waals surface area contributed by atoms with Gasteiger partial charge < -0.3 is 31.8 Å². The molecule has 0 bridgehead atoms. The second-order valence-electron chi connectivity index (χ2n) is 9.42. The van der Waals surface area contributed by atoms with E-state index < -0.39 is 0 Å². The molecule has 178 valence electrons. The molecular weight excluding hydrogens is 404 g/mol. The Morgan fingerprint density at radius 3 is 2.23 bits per heavy atom. The molecule has 3 atom stereocenters. The van der Waals surface area contributed by atoms with Crippen LogP contribution in [-0.4, -0.2) is 65.3 Å². The second-order valence-corrected chi connectivity index (χ2v) is 9.90. The maximum Gasteiger partial charge on any atom is 0.0459 e. The predicted molar refractivity (Wildman–Crippen MR) is 126 cm³/mol. The van der Waals surface area contributed by atoms with Crippen LogP contribution < -0.4 is 5.32 Å². The summed E-state index contributed by atoms with van der Waals surface area (Å²) in [6.45, 7) is 9.80. The van der Waals surface area contributed by atoms with Gasteiger partial charge in [0.25, 0.3) is 0 Å². The summed E-state index contributed by atoms with van der Waals surface area (Å²) in [5.74, 6) is 2.73. The van der Waals surface area contributed by atoms with Gasteiger partial charge in [0.1, 0.15) is 0 Å². The number of nitrogens with one attached hydrogen (secondary N) is 1. The van der Waals surface area contributed by atoms with Crippen molar-refractivity contribution < 1.29 is 21.5 Å². The third-order valence-corrected chi connectivity index (χ3v) is 7.39. The van der Waals surface area contributed by atoms with E-state index >= 15 is 0 Å². The van der Waals surface area contributed by atoms with Crippen molar-refractivity contribution in [3.63, 3.8) is 0 Å². The molecule has 0 radical (unpaired) electrons. The van der Waals surface area contributed by atoms with Crippen LogP contribution in [0.5, 0.6) is 0 Å².